The SMILES string of the molecule is Cl.Nc1ncc(CN2CCC(OCC3CCCC3)CC2)s1. The van der Waals surface area contributed by atoms with Gasteiger partial charge in [0, 0.05) is 37.3 Å². The van der Waals surface area contributed by atoms with Gasteiger partial charge in [0.05, 0.1) is 6.10 Å². The maximum absolute atomic E-state index is 6.11. The van der Waals surface area contributed by atoms with Crippen molar-refractivity contribution < 1.29 is 4.74 Å². The molecule has 2 fully saturated rings. The van der Waals surface area contributed by atoms with Crippen LogP contribution >= 0.6 is 23.7 Å². The first-order chi connectivity index (χ1) is 9.79. The van der Waals surface area contributed by atoms with Crippen molar-refractivity contribution in [3.8, 4) is 0 Å². The normalized spacial score (nSPS) is 21.5. The lowest BCUT2D eigenvalue weighted by molar-refractivity contribution is -0.00947. The van der Waals surface area contributed by atoms with Crippen LogP contribution in [0, 0.1) is 5.92 Å². The molecule has 0 amide bonds. The topological polar surface area (TPSA) is 51.4 Å². The van der Waals surface area contributed by atoms with Crippen molar-refractivity contribution >= 4 is 28.9 Å². The van der Waals surface area contributed by atoms with E-state index in [0.717, 1.165) is 32.2 Å². The number of rotatable bonds is 5. The van der Waals surface area contributed by atoms with E-state index >= 15 is 0 Å². The molecule has 1 aromatic rings. The third-order valence-electron chi connectivity index (χ3n) is 4.53. The number of nitrogen functional groups attached to an aromatic ring is 1. The molecule has 0 unspecified atom stereocenters. The Morgan fingerprint density at radius 2 is 1.95 bits per heavy atom. The summed E-state index contributed by atoms with van der Waals surface area (Å²) in [6.07, 6.45) is 10.3. The molecular formula is C15H26ClN3OS. The van der Waals surface area contributed by atoms with Gasteiger partial charge in [-0.2, -0.15) is 0 Å². The van der Waals surface area contributed by atoms with Crippen LogP contribution in [0.2, 0.25) is 0 Å². The number of nitrogens with zero attached hydrogens (tertiary/aromatic N) is 2. The molecule has 2 N–H and O–H groups in total. The smallest absolute Gasteiger partial charge is 0.180 e. The highest BCUT2D eigenvalue weighted by molar-refractivity contribution is 7.15. The van der Waals surface area contributed by atoms with Crippen LogP contribution in [0.25, 0.3) is 0 Å². The number of piperidine rings is 1. The van der Waals surface area contributed by atoms with Gasteiger partial charge in [-0.1, -0.05) is 12.8 Å². The summed E-state index contributed by atoms with van der Waals surface area (Å²) in [5.41, 5.74) is 5.67. The lowest BCUT2D eigenvalue weighted by atomic mass is 10.1. The first-order valence-electron chi connectivity index (χ1n) is 7.84. The molecule has 3 rings (SSSR count). The minimum Gasteiger partial charge on any atom is -0.378 e. The van der Waals surface area contributed by atoms with Gasteiger partial charge in [0.25, 0.3) is 0 Å². The zero-order valence-electron chi connectivity index (χ0n) is 12.5. The molecular weight excluding hydrogens is 306 g/mol. The molecule has 120 valence electrons. The molecule has 1 saturated carbocycles. The standard InChI is InChI=1S/C15H25N3OS.ClH/c16-15-17-9-14(20-15)10-18-7-5-13(6-8-18)19-11-12-3-1-2-4-12;/h9,12-13H,1-8,10-11H2,(H2,16,17);1H. The van der Waals surface area contributed by atoms with Crippen LogP contribution in [-0.2, 0) is 11.3 Å². The molecule has 6 heteroatoms. The van der Waals surface area contributed by atoms with E-state index in [4.69, 9.17) is 10.5 Å². The number of nitrogens with two attached hydrogens (primary N) is 1. The van der Waals surface area contributed by atoms with E-state index in [-0.39, 0.29) is 12.4 Å². The highest BCUT2D eigenvalue weighted by atomic mass is 35.5. The van der Waals surface area contributed by atoms with Crippen LogP contribution in [0.5, 0.6) is 0 Å². The quantitative estimate of drug-likeness (QED) is 0.899. The molecule has 2 heterocycles. The lowest BCUT2D eigenvalue weighted by Crippen LogP contribution is -2.36. The second-order valence-electron chi connectivity index (χ2n) is 6.12. The summed E-state index contributed by atoms with van der Waals surface area (Å²) in [6.45, 7) is 4.25. The number of anilines is 1. The summed E-state index contributed by atoms with van der Waals surface area (Å²) < 4.78 is 6.11. The molecule has 0 aromatic carbocycles. The molecule has 2 aliphatic rings. The molecule has 21 heavy (non-hydrogen) atoms. The summed E-state index contributed by atoms with van der Waals surface area (Å²) in [7, 11) is 0. The number of ether oxygens (including phenoxy) is 1. The first-order valence-corrected chi connectivity index (χ1v) is 8.65. The van der Waals surface area contributed by atoms with Crippen LogP contribution < -0.4 is 5.73 Å². The number of hydrogen-bond acceptors (Lipinski definition) is 5. The first kappa shape index (κ1) is 17.0. The van der Waals surface area contributed by atoms with Gasteiger partial charge >= 0.3 is 0 Å². The Bertz CT molecular complexity index is 415. The monoisotopic (exact) mass is 331 g/mol. The van der Waals surface area contributed by atoms with E-state index in [1.165, 1.54) is 43.4 Å². The van der Waals surface area contributed by atoms with Crippen LogP contribution in [0.3, 0.4) is 0 Å². The lowest BCUT2D eigenvalue weighted by Gasteiger charge is -2.32. The third-order valence-corrected chi connectivity index (χ3v) is 5.34. The second-order valence-corrected chi connectivity index (χ2v) is 7.27. The van der Waals surface area contributed by atoms with Crippen molar-refractivity contribution in [2.75, 3.05) is 25.4 Å². The maximum atomic E-state index is 6.11. The van der Waals surface area contributed by atoms with E-state index in [0.29, 0.717) is 11.2 Å². The molecule has 0 radical (unpaired) electrons. The Morgan fingerprint density at radius 3 is 2.57 bits per heavy atom. The Balaban J connectivity index is 0.00000161. The third kappa shape index (κ3) is 5.09. The number of halogens is 1. The van der Waals surface area contributed by atoms with Gasteiger partial charge in [-0.15, -0.1) is 23.7 Å². The molecule has 0 atom stereocenters. The van der Waals surface area contributed by atoms with Crippen molar-refractivity contribution in [1.82, 2.24) is 9.88 Å². The summed E-state index contributed by atoms with van der Waals surface area (Å²) in [4.78, 5) is 7.88. The van der Waals surface area contributed by atoms with Gasteiger partial charge < -0.3 is 10.5 Å². The zero-order valence-corrected chi connectivity index (χ0v) is 14.1. The Hall–Kier alpha value is -0.360. The van der Waals surface area contributed by atoms with Crippen molar-refractivity contribution in [3.05, 3.63) is 11.1 Å². The number of likely N-dealkylation sites (tertiary alicyclic amines) is 1. The molecule has 1 aliphatic heterocycles. The van der Waals surface area contributed by atoms with E-state index in [1.54, 1.807) is 11.3 Å². The fourth-order valence-corrected chi connectivity index (χ4v) is 4.03. The van der Waals surface area contributed by atoms with Crippen LogP contribution in [-0.4, -0.2) is 35.7 Å². The maximum Gasteiger partial charge on any atom is 0.180 e. The van der Waals surface area contributed by atoms with Crippen molar-refractivity contribution in [3.63, 3.8) is 0 Å². The summed E-state index contributed by atoms with van der Waals surface area (Å²) >= 11 is 1.60. The van der Waals surface area contributed by atoms with Crippen molar-refractivity contribution in [2.45, 2.75) is 51.2 Å². The Kier molecular flexibility index (Phi) is 6.74. The average Bonchev–Trinajstić information content (AvgIpc) is 3.10. The highest BCUT2D eigenvalue weighted by Crippen LogP contribution is 2.26. The minimum atomic E-state index is 0. The fourth-order valence-electron chi connectivity index (χ4n) is 3.30. The van der Waals surface area contributed by atoms with E-state index in [1.807, 2.05) is 6.20 Å². The van der Waals surface area contributed by atoms with Gasteiger partial charge in [0.1, 0.15) is 0 Å². The van der Waals surface area contributed by atoms with E-state index in [2.05, 4.69) is 9.88 Å². The highest BCUT2D eigenvalue weighted by Gasteiger charge is 2.22. The predicted octanol–water partition coefficient (Wildman–Crippen LogP) is 3.32. The van der Waals surface area contributed by atoms with Crippen LogP contribution in [0.4, 0.5) is 5.13 Å². The molecule has 1 aliphatic carbocycles. The summed E-state index contributed by atoms with van der Waals surface area (Å²) in [5.74, 6) is 0.841. The van der Waals surface area contributed by atoms with Crippen molar-refractivity contribution in [1.29, 1.82) is 0 Å². The molecule has 1 aromatic heterocycles. The van der Waals surface area contributed by atoms with Gasteiger partial charge in [-0.25, -0.2) is 4.98 Å². The van der Waals surface area contributed by atoms with Gasteiger partial charge in [0.2, 0.25) is 0 Å². The number of thiazole rings is 1. The predicted molar refractivity (Wildman–Crippen MR) is 90.0 cm³/mol. The van der Waals surface area contributed by atoms with E-state index in [9.17, 15) is 0 Å². The van der Waals surface area contributed by atoms with Gasteiger partial charge in [-0.05, 0) is 31.6 Å². The largest absolute Gasteiger partial charge is 0.378 e. The van der Waals surface area contributed by atoms with Gasteiger partial charge in [-0.3, -0.25) is 4.90 Å². The molecule has 1 saturated heterocycles. The average molecular weight is 332 g/mol. The zero-order chi connectivity index (χ0) is 13.8. The van der Waals surface area contributed by atoms with Crippen molar-refractivity contribution in [2.24, 2.45) is 5.92 Å². The molecule has 0 spiro atoms. The fraction of sp³-hybridized carbons (Fsp3) is 0.800. The molecule has 0 bridgehead atoms. The molecule has 4 nitrogen and oxygen atoms in total. The van der Waals surface area contributed by atoms with E-state index < -0.39 is 0 Å². The second kappa shape index (κ2) is 8.32. The number of hydrogen-bond donors (Lipinski definition) is 1. The summed E-state index contributed by atoms with van der Waals surface area (Å²) in [6, 6.07) is 0. The number of aromatic nitrogens is 1. The Morgan fingerprint density at radius 1 is 1.24 bits per heavy atom. The Labute approximate surface area is 137 Å². The van der Waals surface area contributed by atoms with Gasteiger partial charge in [0.15, 0.2) is 5.13 Å². The minimum absolute atomic E-state index is 0. The van der Waals surface area contributed by atoms with Crippen LogP contribution in [0.15, 0.2) is 6.20 Å². The van der Waals surface area contributed by atoms with Crippen LogP contribution in [0.1, 0.15) is 43.4 Å². The summed E-state index contributed by atoms with van der Waals surface area (Å²) in [5, 5.41) is 0.676.